The Morgan fingerprint density at radius 2 is 2.11 bits per heavy atom. The largest absolute Gasteiger partial charge is 0.352 e. The van der Waals surface area contributed by atoms with Gasteiger partial charge in [-0.25, -0.2) is 0 Å². The van der Waals surface area contributed by atoms with Crippen LogP contribution in [0.5, 0.6) is 0 Å². The Hall–Kier alpha value is -0.520. The van der Waals surface area contributed by atoms with Crippen molar-refractivity contribution < 1.29 is 4.79 Å². The topological polar surface area (TPSA) is 55.1 Å². The lowest BCUT2D eigenvalue weighted by atomic mass is 10.2. The van der Waals surface area contributed by atoms with Crippen LogP contribution in [0.2, 0.25) is 0 Å². The molecule has 3 nitrogen and oxygen atoms in total. The lowest BCUT2D eigenvalue weighted by Gasteiger charge is -2.12. The fourth-order valence-electron chi connectivity index (χ4n) is 1.43. The van der Waals surface area contributed by atoms with E-state index in [9.17, 15) is 4.79 Å². The average molecular weight is 331 g/mol. The number of hydrogen-bond acceptors (Lipinski definition) is 3. The van der Waals surface area contributed by atoms with Gasteiger partial charge in [0.1, 0.15) is 0 Å². The van der Waals surface area contributed by atoms with Gasteiger partial charge in [-0.1, -0.05) is 15.9 Å². The van der Waals surface area contributed by atoms with Crippen LogP contribution in [0.4, 0.5) is 0 Å². The summed E-state index contributed by atoms with van der Waals surface area (Å²) in [6.45, 7) is 6.46. The standard InChI is InChI=1S/C13H19BrN2OS/c1-8-5-12(9(2)4-11(8)14)18-7-13(17)16-10(3)6-15/h4-5,10H,6-7,15H2,1-3H3,(H,16,17)/t10-/m0/s1. The number of nitrogens with two attached hydrogens (primary N) is 1. The first-order valence-electron chi connectivity index (χ1n) is 5.83. The van der Waals surface area contributed by atoms with Crippen molar-refractivity contribution in [2.45, 2.75) is 31.7 Å². The van der Waals surface area contributed by atoms with E-state index < -0.39 is 0 Å². The third-order valence-electron chi connectivity index (χ3n) is 2.58. The first kappa shape index (κ1) is 15.5. The van der Waals surface area contributed by atoms with Crippen LogP contribution in [0.25, 0.3) is 0 Å². The number of carbonyl (C=O) groups excluding carboxylic acids is 1. The maximum absolute atomic E-state index is 11.7. The highest BCUT2D eigenvalue weighted by Gasteiger charge is 2.08. The minimum atomic E-state index is 0.0259. The molecule has 18 heavy (non-hydrogen) atoms. The molecule has 1 amide bonds. The Bertz CT molecular complexity index is 437. The molecule has 1 aromatic rings. The number of hydrogen-bond donors (Lipinski definition) is 2. The minimum absolute atomic E-state index is 0.0259. The van der Waals surface area contributed by atoms with Crippen molar-refractivity contribution in [3.05, 3.63) is 27.7 Å². The fourth-order valence-corrected chi connectivity index (χ4v) is 2.80. The van der Waals surface area contributed by atoms with Gasteiger partial charge in [-0.2, -0.15) is 0 Å². The molecule has 0 unspecified atom stereocenters. The maximum Gasteiger partial charge on any atom is 0.230 e. The van der Waals surface area contributed by atoms with Gasteiger partial charge in [0.2, 0.25) is 5.91 Å². The van der Waals surface area contributed by atoms with Gasteiger partial charge in [0, 0.05) is 22.0 Å². The average Bonchev–Trinajstić information content (AvgIpc) is 2.32. The molecule has 1 atom stereocenters. The normalized spacial score (nSPS) is 12.3. The molecule has 5 heteroatoms. The van der Waals surface area contributed by atoms with Gasteiger partial charge in [0.25, 0.3) is 0 Å². The monoisotopic (exact) mass is 330 g/mol. The Kier molecular flexibility index (Phi) is 6.18. The van der Waals surface area contributed by atoms with E-state index in [-0.39, 0.29) is 11.9 Å². The predicted octanol–water partition coefficient (Wildman–Crippen LogP) is 2.62. The summed E-state index contributed by atoms with van der Waals surface area (Å²) in [6, 6.07) is 4.22. The number of benzene rings is 1. The Labute approximate surface area is 121 Å². The second-order valence-corrected chi connectivity index (χ2v) is 6.23. The van der Waals surface area contributed by atoms with Gasteiger partial charge in [-0.3, -0.25) is 4.79 Å². The zero-order valence-corrected chi connectivity index (χ0v) is 13.3. The summed E-state index contributed by atoms with van der Waals surface area (Å²) in [4.78, 5) is 12.8. The Morgan fingerprint density at radius 1 is 1.44 bits per heavy atom. The quantitative estimate of drug-likeness (QED) is 0.816. The van der Waals surface area contributed by atoms with Gasteiger partial charge in [-0.15, -0.1) is 11.8 Å². The van der Waals surface area contributed by atoms with E-state index in [4.69, 9.17) is 5.73 Å². The number of aryl methyl sites for hydroxylation is 2. The van der Waals surface area contributed by atoms with Crippen molar-refractivity contribution in [1.82, 2.24) is 5.32 Å². The highest BCUT2D eigenvalue weighted by Crippen LogP contribution is 2.28. The number of amides is 1. The molecule has 0 aliphatic rings. The third kappa shape index (κ3) is 4.63. The molecule has 0 saturated carbocycles. The van der Waals surface area contributed by atoms with Crippen LogP contribution < -0.4 is 11.1 Å². The molecule has 0 radical (unpaired) electrons. The molecule has 0 aliphatic heterocycles. The summed E-state index contributed by atoms with van der Waals surface area (Å²) in [5.74, 6) is 0.449. The van der Waals surface area contributed by atoms with Crippen LogP contribution >= 0.6 is 27.7 Å². The molecule has 1 rings (SSSR count). The van der Waals surface area contributed by atoms with Crippen LogP contribution in [-0.2, 0) is 4.79 Å². The van der Waals surface area contributed by atoms with E-state index in [1.807, 2.05) is 20.8 Å². The predicted molar refractivity (Wildman–Crippen MR) is 81.0 cm³/mol. The van der Waals surface area contributed by atoms with Crippen molar-refractivity contribution in [2.24, 2.45) is 5.73 Å². The summed E-state index contributed by atoms with van der Waals surface area (Å²) >= 11 is 5.06. The van der Waals surface area contributed by atoms with Crippen molar-refractivity contribution in [3.8, 4) is 0 Å². The molecule has 0 bridgehead atoms. The Balaban J connectivity index is 2.58. The molecular weight excluding hydrogens is 312 g/mol. The van der Waals surface area contributed by atoms with E-state index in [1.165, 1.54) is 11.1 Å². The van der Waals surface area contributed by atoms with Crippen molar-refractivity contribution in [3.63, 3.8) is 0 Å². The third-order valence-corrected chi connectivity index (χ3v) is 4.59. The van der Waals surface area contributed by atoms with Crippen LogP contribution in [0.1, 0.15) is 18.1 Å². The van der Waals surface area contributed by atoms with Gasteiger partial charge in [-0.05, 0) is 44.0 Å². The highest BCUT2D eigenvalue weighted by atomic mass is 79.9. The van der Waals surface area contributed by atoms with Crippen molar-refractivity contribution in [2.75, 3.05) is 12.3 Å². The summed E-state index contributed by atoms with van der Waals surface area (Å²) < 4.78 is 1.10. The molecule has 0 saturated heterocycles. The van der Waals surface area contributed by atoms with Gasteiger partial charge >= 0.3 is 0 Å². The molecular formula is C13H19BrN2OS. The van der Waals surface area contributed by atoms with Gasteiger partial charge in [0.15, 0.2) is 0 Å². The zero-order valence-electron chi connectivity index (χ0n) is 10.9. The van der Waals surface area contributed by atoms with E-state index >= 15 is 0 Å². The molecule has 3 N–H and O–H groups in total. The van der Waals surface area contributed by atoms with Crippen LogP contribution in [0, 0.1) is 13.8 Å². The van der Waals surface area contributed by atoms with Crippen molar-refractivity contribution in [1.29, 1.82) is 0 Å². The van der Waals surface area contributed by atoms with Crippen molar-refractivity contribution >= 4 is 33.6 Å². The summed E-state index contributed by atoms with van der Waals surface area (Å²) in [5, 5.41) is 2.85. The highest BCUT2D eigenvalue weighted by molar-refractivity contribution is 9.10. The number of carbonyl (C=O) groups is 1. The first-order chi connectivity index (χ1) is 8.43. The van der Waals surface area contributed by atoms with E-state index in [0.29, 0.717) is 12.3 Å². The fraction of sp³-hybridized carbons (Fsp3) is 0.462. The minimum Gasteiger partial charge on any atom is -0.352 e. The van der Waals surface area contributed by atoms with Crippen LogP contribution in [-0.4, -0.2) is 24.2 Å². The molecule has 0 spiro atoms. The first-order valence-corrected chi connectivity index (χ1v) is 7.61. The molecule has 0 aliphatic carbocycles. The summed E-state index contributed by atoms with van der Waals surface area (Å²) in [6.07, 6.45) is 0. The molecule has 0 fully saturated rings. The number of rotatable bonds is 5. The SMILES string of the molecule is Cc1cc(SCC(=O)N[C@@H](C)CN)c(C)cc1Br. The van der Waals surface area contributed by atoms with E-state index in [1.54, 1.807) is 11.8 Å². The van der Waals surface area contributed by atoms with E-state index in [2.05, 4.69) is 33.4 Å². The maximum atomic E-state index is 11.7. The Morgan fingerprint density at radius 3 is 2.72 bits per heavy atom. The summed E-state index contributed by atoms with van der Waals surface area (Å²) in [5.41, 5.74) is 7.82. The number of thioether (sulfide) groups is 1. The lowest BCUT2D eigenvalue weighted by molar-refractivity contribution is -0.119. The van der Waals surface area contributed by atoms with Gasteiger partial charge in [0.05, 0.1) is 5.75 Å². The lowest BCUT2D eigenvalue weighted by Crippen LogP contribution is -2.38. The molecule has 100 valence electrons. The van der Waals surface area contributed by atoms with Crippen LogP contribution in [0.15, 0.2) is 21.5 Å². The second-order valence-electron chi connectivity index (χ2n) is 4.36. The van der Waals surface area contributed by atoms with E-state index in [0.717, 1.165) is 9.37 Å². The van der Waals surface area contributed by atoms with Gasteiger partial charge < -0.3 is 11.1 Å². The smallest absolute Gasteiger partial charge is 0.230 e. The van der Waals surface area contributed by atoms with Crippen LogP contribution in [0.3, 0.4) is 0 Å². The zero-order chi connectivity index (χ0) is 13.7. The molecule has 0 aromatic heterocycles. The molecule has 0 heterocycles. The summed E-state index contributed by atoms with van der Waals surface area (Å²) in [7, 11) is 0. The number of halogens is 1. The molecule has 1 aromatic carbocycles. The number of nitrogens with one attached hydrogen (secondary N) is 1. The second kappa shape index (κ2) is 7.16.